The van der Waals surface area contributed by atoms with E-state index >= 15 is 0 Å². The minimum atomic E-state index is -4.92. The molecule has 4 aromatic rings. The van der Waals surface area contributed by atoms with Crippen LogP contribution in [0.1, 0.15) is 37.4 Å². The summed E-state index contributed by atoms with van der Waals surface area (Å²) in [5.74, 6) is -3.07. The zero-order valence-corrected chi connectivity index (χ0v) is 24.9. The number of para-hydroxylation sites is 1. The number of alkyl halides is 6. The quantitative estimate of drug-likeness (QED) is 0.134. The number of halogens is 7. The first kappa shape index (κ1) is 34.7. The van der Waals surface area contributed by atoms with Crippen LogP contribution in [0.3, 0.4) is 0 Å². The second-order valence-corrected chi connectivity index (χ2v) is 10.6. The number of Topliss-reactive ketones (excluding diaryl/α,β-unsaturated/α-hetero) is 2. The Balaban J connectivity index is 0.00000480. The molecule has 0 radical (unpaired) electrons. The predicted octanol–water partition coefficient (Wildman–Crippen LogP) is 6.12. The number of rotatable bonds is 8. The molecule has 1 fully saturated rings. The van der Waals surface area contributed by atoms with Crippen LogP contribution in [0.2, 0.25) is 0 Å². The standard InChI is InChI=1S/C32H27F6N3O4.ClH/c1-45-27(42)17-41-26(29(43)20-9-2-5-11-22(20)31(33,34)35)16-40-25(14-18-15-39-24-13-7-4-8-19(18)24)28(41)30(44)21-10-3-6-12-23(21)32(36,37)38;/h2-13,15,25-26,28,39-40H,14,16-17H2,1H3;1H. The third-order valence-corrected chi connectivity index (χ3v) is 7.93. The Morgan fingerprint density at radius 1 is 0.826 bits per heavy atom. The highest BCUT2D eigenvalue weighted by atomic mass is 35.5. The third-order valence-electron chi connectivity index (χ3n) is 7.93. The van der Waals surface area contributed by atoms with Crippen molar-refractivity contribution in [3.05, 3.63) is 107 Å². The lowest BCUT2D eigenvalue weighted by Crippen LogP contribution is -2.68. The van der Waals surface area contributed by atoms with Crippen LogP contribution in [0.4, 0.5) is 26.3 Å². The number of ketones is 2. The van der Waals surface area contributed by atoms with Gasteiger partial charge in [-0.25, -0.2) is 0 Å². The molecule has 5 rings (SSSR count). The molecule has 0 aliphatic carbocycles. The van der Waals surface area contributed by atoms with E-state index in [1.807, 2.05) is 12.1 Å². The number of H-pyrrole nitrogens is 1. The van der Waals surface area contributed by atoms with Crippen molar-refractivity contribution in [3.8, 4) is 0 Å². The molecule has 2 heterocycles. The summed E-state index contributed by atoms with van der Waals surface area (Å²) in [5, 5.41) is 3.83. The van der Waals surface area contributed by atoms with Crippen molar-refractivity contribution < 1.29 is 45.5 Å². The van der Waals surface area contributed by atoms with Crippen LogP contribution in [0.15, 0.2) is 79.0 Å². The second kappa shape index (κ2) is 13.7. The van der Waals surface area contributed by atoms with Gasteiger partial charge in [0.25, 0.3) is 0 Å². The van der Waals surface area contributed by atoms with Crippen LogP contribution < -0.4 is 5.32 Å². The van der Waals surface area contributed by atoms with Crippen LogP contribution in [0.25, 0.3) is 10.9 Å². The van der Waals surface area contributed by atoms with E-state index in [2.05, 4.69) is 10.3 Å². The topological polar surface area (TPSA) is 91.5 Å². The summed E-state index contributed by atoms with van der Waals surface area (Å²) in [6, 6.07) is 11.3. The van der Waals surface area contributed by atoms with E-state index in [0.29, 0.717) is 5.56 Å². The van der Waals surface area contributed by atoms with E-state index in [-0.39, 0.29) is 25.4 Å². The molecular weight excluding hydrogens is 640 g/mol. The highest BCUT2D eigenvalue weighted by molar-refractivity contribution is 6.05. The van der Waals surface area contributed by atoms with Crippen molar-refractivity contribution in [1.82, 2.24) is 15.2 Å². The van der Waals surface area contributed by atoms with Gasteiger partial charge in [0.15, 0.2) is 11.6 Å². The first-order chi connectivity index (χ1) is 21.3. The molecule has 46 heavy (non-hydrogen) atoms. The lowest BCUT2D eigenvalue weighted by Gasteiger charge is -2.45. The van der Waals surface area contributed by atoms with Gasteiger partial charge in [-0.15, -0.1) is 12.4 Å². The van der Waals surface area contributed by atoms with Crippen LogP contribution in [0.5, 0.6) is 0 Å². The summed E-state index contributed by atoms with van der Waals surface area (Å²) in [7, 11) is 1.04. The first-order valence-electron chi connectivity index (χ1n) is 13.8. The number of hydrogen-bond donors (Lipinski definition) is 2. The number of carbonyl (C=O) groups is 3. The molecular formula is C32H28ClF6N3O4. The maximum absolute atomic E-state index is 14.2. The molecule has 0 saturated carbocycles. The highest BCUT2D eigenvalue weighted by Crippen LogP contribution is 2.36. The Kier molecular flexibility index (Phi) is 10.3. The molecule has 0 spiro atoms. The summed E-state index contributed by atoms with van der Waals surface area (Å²) in [5.41, 5.74) is -2.41. The monoisotopic (exact) mass is 667 g/mol. The molecule has 0 bridgehead atoms. The molecule has 3 unspecified atom stereocenters. The number of fused-ring (bicyclic) bond motifs is 1. The number of nitrogens with zero attached hydrogens (tertiary/aromatic N) is 1. The van der Waals surface area contributed by atoms with Crippen LogP contribution in [-0.4, -0.2) is 65.7 Å². The Bertz CT molecular complexity index is 1740. The highest BCUT2D eigenvalue weighted by Gasteiger charge is 2.48. The number of ether oxygens (including phenoxy) is 1. The summed E-state index contributed by atoms with van der Waals surface area (Å²) >= 11 is 0. The van der Waals surface area contributed by atoms with Gasteiger partial charge in [0.1, 0.15) is 0 Å². The number of piperazine rings is 1. The lowest BCUT2D eigenvalue weighted by molar-refractivity contribution is -0.143. The Morgan fingerprint density at radius 3 is 1.96 bits per heavy atom. The van der Waals surface area contributed by atoms with E-state index in [1.165, 1.54) is 12.1 Å². The number of benzene rings is 3. The van der Waals surface area contributed by atoms with Gasteiger partial charge in [-0.2, -0.15) is 26.3 Å². The smallest absolute Gasteiger partial charge is 0.417 e. The number of aromatic amines is 1. The molecule has 7 nitrogen and oxygen atoms in total. The summed E-state index contributed by atoms with van der Waals surface area (Å²) in [6.45, 7) is -1.06. The maximum Gasteiger partial charge on any atom is 0.417 e. The van der Waals surface area contributed by atoms with E-state index in [0.717, 1.165) is 59.3 Å². The normalized spacial score (nSPS) is 19.0. The van der Waals surface area contributed by atoms with Crippen LogP contribution in [0, 0.1) is 0 Å². The van der Waals surface area contributed by atoms with Gasteiger partial charge in [0.2, 0.25) is 0 Å². The second-order valence-electron chi connectivity index (χ2n) is 10.6. The van der Waals surface area contributed by atoms with Gasteiger partial charge in [0.05, 0.1) is 36.9 Å². The third kappa shape index (κ3) is 6.96. The van der Waals surface area contributed by atoms with E-state index in [1.54, 1.807) is 18.3 Å². The van der Waals surface area contributed by atoms with Gasteiger partial charge in [-0.1, -0.05) is 54.6 Å². The fourth-order valence-electron chi connectivity index (χ4n) is 5.87. The first-order valence-corrected chi connectivity index (χ1v) is 13.8. The minimum absolute atomic E-state index is 0. The molecule has 1 saturated heterocycles. The molecule has 1 aromatic heterocycles. The van der Waals surface area contributed by atoms with Crippen LogP contribution >= 0.6 is 12.4 Å². The fraction of sp³-hybridized carbons (Fsp3) is 0.281. The SMILES string of the molecule is COC(=O)CN1C(C(=O)c2ccccc2C(F)(F)F)CNC(Cc2c[nH]c3ccccc23)C1C(=O)c1ccccc1C(F)(F)F.Cl. The fourth-order valence-corrected chi connectivity index (χ4v) is 5.87. The van der Waals surface area contributed by atoms with Gasteiger partial charge >= 0.3 is 18.3 Å². The van der Waals surface area contributed by atoms with Crippen molar-refractivity contribution >= 4 is 40.8 Å². The van der Waals surface area contributed by atoms with Crippen molar-refractivity contribution in [3.63, 3.8) is 0 Å². The molecule has 1 aliphatic heterocycles. The lowest BCUT2D eigenvalue weighted by atomic mass is 9.85. The number of esters is 1. The van der Waals surface area contributed by atoms with Crippen molar-refractivity contribution in [1.29, 1.82) is 0 Å². The van der Waals surface area contributed by atoms with Crippen molar-refractivity contribution in [2.45, 2.75) is 36.9 Å². The minimum Gasteiger partial charge on any atom is -0.468 e. The average Bonchev–Trinajstić information content (AvgIpc) is 3.42. The molecule has 3 aromatic carbocycles. The van der Waals surface area contributed by atoms with Crippen molar-refractivity contribution in [2.75, 3.05) is 20.2 Å². The van der Waals surface area contributed by atoms with Gasteiger partial charge in [0, 0.05) is 40.8 Å². The van der Waals surface area contributed by atoms with Crippen molar-refractivity contribution in [2.24, 2.45) is 0 Å². The molecule has 0 amide bonds. The van der Waals surface area contributed by atoms with Crippen LogP contribution in [-0.2, 0) is 28.3 Å². The largest absolute Gasteiger partial charge is 0.468 e. The zero-order chi connectivity index (χ0) is 32.5. The molecule has 2 N–H and O–H groups in total. The Morgan fingerprint density at radius 2 is 1.37 bits per heavy atom. The Hall–Kier alpha value is -4.20. The number of nitrogens with one attached hydrogen (secondary N) is 2. The van der Waals surface area contributed by atoms with E-state index in [9.17, 15) is 40.7 Å². The maximum atomic E-state index is 14.2. The van der Waals surface area contributed by atoms with E-state index < -0.39 is 76.8 Å². The molecule has 3 atom stereocenters. The summed E-state index contributed by atoms with van der Waals surface area (Å²) in [4.78, 5) is 44.9. The molecule has 1 aliphatic rings. The van der Waals surface area contributed by atoms with Gasteiger partial charge in [-0.05, 0) is 30.2 Å². The number of hydrogen-bond acceptors (Lipinski definition) is 6. The van der Waals surface area contributed by atoms with Gasteiger partial charge < -0.3 is 15.0 Å². The average molecular weight is 668 g/mol. The zero-order valence-electron chi connectivity index (χ0n) is 24.1. The number of aromatic nitrogens is 1. The summed E-state index contributed by atoms with van der Waals surface area (Å²) < 4.78 is 88.7. The van der Waals surface area contributed by atoms with Gasteiger partial charge in [-0.3, -0.25) is 19.3 Å². The number of carbonyl (C=O) groups excluding carboxylic acids is 3. The summed E-state index contributed by atoms with van der Waals surface area (Å²) in [6.07, 6.45) is -8.08. The molecule has 14 heteroatoms. The number of methoxy groups -OCH3 is 1. The predicted molar refractivity (Wildman–Crippen MR) is 159 cm³/mol. The Labute approximate surface area is 265 Å². The molecule has 244 valence electrons. The van der Waals surface area contributed by atoms with E-state index in [4.69, 9.17) is 4.74 Å².